The molecule has 0 unspecified atom stereocenters. The lowest BCUT2D eigenvalue weighted by atomic mass is 10.0. The summed E-state index contributed by atoms with van der Waals surface area (Å²) in [5, 5.41) is 0. The zero-order valence-electron chi connectivity index (χ0n) is 15.9. The standard InChI is InChI=1S/C20H25FN4O3/c1-27-17-5-3-2-4-14(17)12-16-15(21)6-7-25(16)20-22-18(13-19(26)23-20)24-8-10-28-11-9-24/h2-5,13,15-16H,6-12H2,1H3,(H,22,23,26)/t15-,16-/m0/s1. The predicted octanol–water partition coefficient (Wildman–Crippen LogP) is 1.77. The Morgan fingerprint density at radius 2 is 2.07 bits per heavy atom. The molecule has 1 N–H and O–H groups in total. The Kier molecular flexibility index (Phi) is 5.47. The molecule has 3 heterocycles. The Morgan fingerprint density at radius 3 is 2.86 bits per heavy atom. The van der Waals surface area contributed by atoms with E-state index in [1.165, 1.54) is 6.07 Å². The first-order chi connectivity index (χ1) is 13.7. The van der Waals surface area contributed by atoms with Crippen molar-refractivity contribution < 1.29 is 13.9 Å². The topological polar surface area (TPSA) is 70.7 Å². The van der Waals surface area contributed by atoms with Gasteiger partial charge < -0.3 is 19.3 Å². The molecule has 8 heteroatoms. The number of nitrogens with one attached hydrogen (secondary N) is 1. The Morgan fingerprint density at radius 1 is 1.29 bits per heavy atom. The van der Waals surface area contributed by atoms with Crippen LogP contribution in [0.5, 0.6) is 5.75 Å². The summed E-state index contributed by atoms with van der Waals surface area (Å²) < 4.78 is 25.6. The molecule has 1 aromatic heterocycles. The smallest absolute Gasteiger partial charge is 0.254 e. The van der Waals surface area contributed by atoms with Crippen LogP contribution in [0.2, 0.25) is 0 Å². The van der Waals surface area contributed by atoms with E-state index in [4.69, 9.17) is 9.47 Å². The lowest BCUT2D eigenvalue weighted by molar-refractivity contribution is 0.122. The van der Waals surface area contributed by atoms with Crippen LogP contribution in [0.3, 0.4) is 0 Å². The minimum atomic E-state index is -0.998. The quantitative estimate of drug-likeness (QED) is 0.842. The van der Waals surface area contributed by atoms with Crippen molar-refractivity contribution in [2.24, 2.45) is 0 Å². The van der Waals surface area contributed by atoms with Gasteiger partial charge in [-0.2, -0.15) is 4.98 Å². The average Bonchev–Trinajstić information content (AvgIpc) is 3.09. The summed E-state index contributed by atoms with van der Waals surface area (Å²) in [7, 11) is 1.61. The van der Waals surface area contributed by atoms with Gasteiger partial charge in [0.2, 0.25) is 5.95 Å². The van der Waals surface area contributed by atoms with E-state index in [9.17, 15) is 9.18 Å². The molecule has 0 amide bonds. The van der Waals surface area contributed by atoms with Gasteiger partial charge in [-0.3, -0.25) is 9.78 Å². The molecule has 2 aliphatic rings. The van der Waals surface area contributed by atoms with Gasteiger partial charge in [0.15, 0.2) is 0 Å². The summed E-state index contributed by atoms with van der Waals surface area (Å²) >= 11 is 0. The highest BCUT2D eigenvalue weighted by Gasteiger charge is 2.36. The number of hydrogen-bond donors (Lipinski definition) is 1. The molecule has 0 radical (unpaired) electrons. The van der Waals surface area contributed by atoms with E-state index >= 15 is 0 Å². The summed E-state index contributed by atoms with van der Waals surface area (Å²) in [5.74, 6) is 1.78. The first-order valence-electron chi connectivity index (χ1n) is 9.62. The van der Waals surface area contributed by atoms with Crippen LogP contribution in [0.1, 0.15) is 12.0 Å². The van der Waals surface area contributed by atoms with Gasteiger partial charge in [-0.1, -0.05) is 18.2 Å². The number of methoxy groups -OCH3 is 1. The summed E-state index contributed by atoms with van der Waals surface area (Å²) in [6, 6.07) is 8.73. The Balaban J connectivity index is 1.62. The number of anilines is 2. The first-order valence-corrected chi connectivity index (χ1v) is 9.62. The summed E-state index contributed by atoms with van der Waals surface area (Å²) in [6.45, 7) is 3.10. The fraction of sp³-hybridized carbons (Fsp3) is 0.500. The number of aromatic amines is 1. The van der Waals surface area contributed by atoms with E-state index < -0.39 is 12.2 Å². The number of morpholine rings is 1. The highest BCUT2D eigenvalue weighted by molar-refractivity contribution is 5.46. The van der Waals surface area contributed by atoms with Crippen LogP contribution in [0.15, 0.2) is 35.1 Å². The van der Waals surface area contributed by atoms with E-state index in [2.05, 4.69) is 9.97 Å². The third-order valence-corrected chi connectivity index (χ3v) is 5.41. The fourth-order valence-electron chi connectivity index (χ4n) is 3.94. The highest BCUT2D eigenvalue weighted by atomic mass is 19.1. The van der Waals surface area contributed by atoms with Crippen molar-refractivity contribution in [3.63, 3.8) is 0 Å². The molecule has 2 atom stereocenters. The zero-order chi connectivity index (χ0) is 19.5. The molecule has 1 aromatic carbocycles. The summed E-state index contributed by atoms with van der Waals surface area (Å²) in [4.78, 5) is 23.6. The number of halogens is 1. The van der Waals surface area contributed by atoms with Crippen molar-refractivity contribution in [2.75, 3.05) is 49.8 Å². The van der Waals surface area contributed by atoms with Crippen molar-refractivity contribution in [1.29, 1.82) is 0 Å². The molecule has 0 bridgehead atoms. The Labute approximate surface area is 163 Å². The molecule has 0 saturated carbocycles. The Bertz CT molecular complexity index is 869. The summed E-state index contributed by atoms with van der Waals surface area (Å²) in [5.41, 5.74) is 0.709. The van der Waals surface area contributed by atoms with Gasteiger partial charge in [0.1, 0.15) is 17.7 Å². The number of rotatable bonds is 5. The number of aromatic nitrogens is 2. The maximum atomic E-state index is 14.8. The van der Waals surface area contributed by atoms with E-state index in [-0.39, 0.29) is 5.56 Å². The molecular weight excluding hydrogens is 363 g/mol. The highest BCUT2D eigenvalue weighted by Crippen LogP contribution is 2.30. The maximum Gasteiger partial charge on any atom is 0.254 e. The maximum absolute atomic E-state index is 14.8. The van der Waals surface area contributed by atoms with E-state index in [0.29, 0.717) is 57.5 Å². The summed E-state index contributed by atoms with van der Waals surface area (Å²) in [6.07, 6.45) is -0.107. The zero-order valence-corrected chi connectivity index (χ0v) is 15.9. The molecule has 150 valence electrons. The van der Waals surface area contributed by atoms with Gasteiger partial charge in [-0.25, -0.2) is 4.39 Å². The molecule has 2 fully saturated rings. The third kappa shape index (κ3) is 3.82. The second-order valence-electron chi connectivity index (χ2n) is 7.11. The third-order valence-electron chi connectivity index (χ3n) is 5.41. The van der Waals surface area contributed by atoms with Gasteiger partial charge in [-0.05, 0) is 24.5 Å². The number of H-pyrrole nitrogens is 1. The molecule has 0 aliphatic carbocycles. The van der Waals surface area contributed by atoms with E-state index in [0.717, 1.165) is 11.3 Å². The second kappa shape index (κ2) is 8.18. The van der Waals surface area contributed by atoms with E-state index in [1.54, 1.807) is 7.11 Å². The first kappa shape index (κ1) is 18.7. The van der Waals surface area contributed by atoms with Gasteiger partial charge in [0.25, 0.3) is 5.56 Å². The molecule has 4 rings (SSSR count). The predicted molar refractivity (Wildman–Crippen MR) is 105 cm³/mol. The van der Waals surface area contributed by atoms with Crippen LogP contribution < -0.4 is 20.1 Å². The fourth-order valence-corrected chi connectivity index (χ4v) is 3.94. The molecule has 0 spiro atoms. The Hall–Kier alpha value is -2.61. The number of ether oxygens (including phenoxy) is 2. The number of para-hydroxylation sites is 1. The molecular formula is C20H25FN4O3. The van der Waals surface area contributed by atoms with Crippen LogP contribution >= 0.6 is 0 Å². The number of benzene rings is 1. The lowest BCUT2D eigenvalue weighted by Crippen LogP contribution is -2.40. The van der Waals surface area contributed by atoms with Crippen molar-refractivity contribution in [3.8, 4) is 5.75 Å². The molecule has 28 heavy (non-hydrogen) atoms. The molecule has 2 saturated heterocycles. The monoisotopic (exact) mass is 388 g/mol. The van der Waals surface area contributed by atoms with Crippen LogP contribution in [0, 0.1) is 0 Å². The van der Waals surface area contributed by atoms with Gasteiger partial charge >= 0.3 is 0 Å². The SMILES string of the molecule is COc1ccccc1C[C@H]1[C@@H](F)CCN1c1nc(N2CCOCC2)cc(=O)[nH]1. The van der Waals surface area contributed by atoms with Crippen LogP contribution in [-0.2, 0) is 11.2 Å². The van der Waals surface area contributed by atoms with Gasteiger partial charge in [0, 0.05) is 25.7 Å². The number of alkyl halides is 1. The van der Waals surface area contributed by atoms with Crippen LogP contribution in [0.25, 0.3) is 0 Å². The van der Waals surface area contributed by atoms with Crippen molar-refractivity contribution in [2.45, 2.75) is 25.1 Å². The van der Waals surface area contributed by atoms with Crippen LogP contribution in [-0.4, -0.2) is 62.1 Å². The minimum absolute atomic E-state index is 0.232. The molecule has 7 nitrogen and oxygen atoms in total. The van der Waals surface area contributed by atoms with Gasteiger partial charge in [0.05, 0.1) is 26.4 Å². The minimum Gasteiger partial charge on any atom is -0.496 e. The largest absolute Gasteiger partial charge is 0.496 e. The average molecular weight is 388 g/mol. The molecule has 2 aromatic rings. The van der Waals surface area contributed by atoms with Crippen LogP contribution in [0.4, 0.5) is 16.2 Å². The lowest BCUT2D eigenvalue weighted by Gasteiger charge is -2.30. The van der Waals surface area contributed by atoms with E-state index in [1.807, 2.05) is 34.1 Å². The normalized spacial score (nSPS) is 22.5. The molecule has 2 aliphatic heterocycles. The number of hydrogen-bond acceptors (Lipinski definition) is 6. The van der Waals surface area contributed by atoms with Crippen molar-refractivity contribution >= 4 is 11.8 Å². The van der Waals surface area contributed by atoms with Crippen molar-refractivity contribution in [3.05, 3.63) is 46.2 Å². The van der Waals surface area contributed by atoms with Crippen molar-refractivity contribution in [1.82, 2.24) is 9.97 Å². The number of nitrogens with zero attached hydrogens (tertiary/aromatic N) is 3. The second-order valence-corrected chi connectivity index (χ2v) is 7.11. The van der Waals surface area contributed by atoms with Gasteiger partial charge in [-0.15, -0.1) is 0 Å².